The van der Waals surface area contributed by atoms with E-state index < -0.39 is 0 Å². The molecule has 3 saturated heterocycles. The minimum absolute atomic E-state index is 0.00172. The molecule has 8 nitrogen and oxygen atoms in total. The van der Waals surface area contributed by atoms with Crippen LogP contribution in [-0.2, 0) is 16.0 Å². The first kappa shape index (κ1) is 18.5. The summed E-state index contributed by atoms with van der Waals surface area (Å²) in [5.41, 5.74) is 1.93. The average molecular weight is 398 g/mol. The van der Waals surface area contributed by atoms with Gasteiger partial charge in [0.2, 0.25) is 5.91 Å². The van der Waals surface area contributed by atoms with Crippen molar-refractivity contribution in [2.45, 2.75) is 39.2 Å². The predicted octanol–water partition coefficient (Wildman–Crippen LogP) is 1.88. The van der Waals surface area contributed by atoms with Crippen LogP contribution in [-0.4, -0.2) is 70.6 Å². The standard InChI is InChI=1S/C21H26N4O4/c1-3-17-15-8-14(9-22-19(15)29-23-17)20(27)24-6-4-21(5-7-24)12-25(13(2)26)18-11-28-10-16(18)21/h8-9,16,18H,3-7,10-12H2,1-2H3/t16-,18+/m0/s1. The molecule has 0 unspecified atom stereocenters. The van der Waals surface area contributed by atoms with Gasteiger partial charge in [-0.3, -0.25) is 9.59 Å². The van der Waals surface area contributed by atoms with E-state index in [9.17, 15) is 9.59 Å². The summed E-state index contributed by atoms with van der Waals surface area (Å²) in [6.45, 7) is 7.17. The van der Waals surface area contributed by atoms with Gasteiger partial charge in [0.15, 0.2) is 0 Å². The number of hydrogen-bond donors (Lipinski definition) is 0. The van der Waals surface area contributed by atoms with Gasteiger partial charge in [-0.1, -0.05) is 12.1 Å². The Morgan fingerprint density at radius 1 is 1.28 bits per heavy atom. The number of hydrogen-bond acceptors (Lipinski definition) is 6. The van der Waals surface area contributed by atoms with Gasteiger partial charge in [-0.05, 0) is 30.7 Å². The van der Waals surface area contributed by atoms with Crippen LogP contribution < -0.4 is 0 Å². The van der Waals surface area contributed by atoms with Gasteiger partial charge in [0.05, 0.1) is 35.9 Å². The zero-order valence-electron chi connectivity index (χ0n) is 16.9. The van der Waals surface area contributed by atoms with Crippen LogP contribution in [0.15, 0.2) is 16.8 Å². The van der Waals surface area contributed by atoms with E-state index in [1.54, 1.807) is 13.1 Å². The van der Waals surface area contributed by atoms with Crippen LogP contribution in [0.4, 0.5) is 0 Å². The number of ether oxygens (including phenoxy) is 1. The lowest BCUT2D eigenvalue weighted by Crippen LogP contribution is -2.47. The molecule has 2 amide bonds. The van der Waals surface area contributed by atoms with Crippen molar-refractivity contribution in [3.05, 3.63) is 23.5 Å². The van der Waals surface area contributed by atoms with Gasteiger partial charge < -0.3 is 19.1 Å². The molecule has 0 radical (unpaired) electrons. The van der Waals surface area contributed by atoms with Crippen LogP contribution in [0, 0.1) is 11.3 Å². The Bertz CT molecular complexity index is 963. The van der Waals surface area contributed by atoms with E-state index in [0.29, 0.717) is 36.9 Å². The van der Waals surface area contributed by atoms with Gasteiger partial charge in [-0.2, -0.15) is 0 Å². The molecule has 3 aliphatic rings. The third-order valence-corrected chi connectivity index (χ3v) is 7.16. The van der Waals surface area contributed by atoms with E-state index in [0.717, 1.165) is 43.5 Å². The topological polar surface area (TPSA) is 88.8 Å². The Kier molecular flexibility index (Phi) is 4.34. The van der Waals surface area contributed by atoms with Crippen molar-refractivity contribution in [1.29, 1.82) is 0 Å². The fourth-order valence-corrected chi connectivity index (χ4v) is 5.47. The van der Waals surface area contributed by atoms with Crippen molar-refractivity contribution in [2.75, 3.05) is 32.8 Å². The molecule has 0 aliphatic carbocycles. The Morgan fingerprint density at radius 3 is 2.79 bits per heavy atom. The van der Waals surface area contributed by atoms with Crippen LogP contribution in [0.2, 0.25) is 0 Å². The van der Waals surface area contributed by atoms with Crippen LogP contribution in [0.3, 0.4) is 0 Å². The number of amides is 2. The summed E-state index contributed by atoms with van der Waals surface area (Å²) >= 11 is 0. The number of fused-ring (bicyclic) bond motifs is 3. The highest BCUT2D eigenvalue weighted by atomic mass is 16.5. The number of rotatable bonds is 2. The molecule has 0 saturated carbocycles. The number of likely N-dealkylation sites (tertiary alicyclic amines) is 2. The number of carbonyl (C=O) groups excluding carboxylic acids is 2. The molecule has 154 valence electrons. The molecular formula is C21H26N4O4. The largest absolute Gasteiger partial charge is 0.379 e. The molecule has 0 N–H and O–H groups in total. The summed E-state index contributed by atoms with van der Waals surface area (Å²) in [7, 11) is 0. The molecule has 2 aromatic rings. The highest BCUT2D eigenvalue weighted by molar-refractivity contribution is 5.97. The van der Waals surface area contributed by atoms with Gasteiger partial charge in [0, 0.05) is 38.7 Å². The van der Waals surface area contributed by atoms with Crippen LogP contribution >= 0.6 is 0 Å². The average Bonchev–Trinajstić information content (AvgIpc) is 3.43. The zero-order chi connectivity index (χ0) is 20.2. The first-order valence-corrected chi connectivity index (χ1v) is 10.4. The number of aryl methyl sites for hydroxylation is 1. The molecule has 3 fully saturated rings. The molecule has 0 bridgehead atoms. The Morgan fingerprint density at radius 2 is 2.07 bits per heavy atom. The van der Waals surface area contributed by atoms with Crippen molar-refractivity contribution in [3.63, 3.8) is 0 Å². The maximum Gasteiger partial charge on any atom is 0.257 e. The van der Waals surface area contributed by atoms with Crippen molar-refractivity contribution in [1.82, 2.24) is 19.9 Å². The smallest absolute Gasteiger partial charge is 0.257 e. The molecule has 5 heterocycles. The van der Waals surface area contributed by atoms with Gasteiger partial charge >= 0.3 is 0 Å². The number of piperidine rings is 1. The number of aromatic nitrogens is 2. The summed E-state index contributed by atoms with van der Waals surface area (Å²) in [6, 6.07) is 2.04. The highest BCUT2D eigenvalue weighted by Gasteiger charge is 2.56. The van der Waals surface area contributed by atoms with Gasteiger partial charge in [0.25, 0.3) is 11.6 Å². The Hall–Kier alpha value is -2.48. The van der Waals surface area contributed by atoms with E-state index in [2.05, 4.69) is 10.1 Å². The predicted molar refractivity (Wildman–Crippen MR) is 104 cm³/mol. The third kappa shape index (κ3) is 2.84. The van der Waals surface area contributed by atoms with Gasteiger partial charge in [-0.25, -0.2) is 4.98 Å². The quantitative estimate of drug-likeness (QED) is 0.768. The number of nitrogens with zero attached hydrogens (tertiary/aromatic N) is 4. The molecule has 5 rings (SSSR count). The minimum Gasteiger partial charge on any atom is -0.379 e. The van der Waals surface area contributed by atoms with Crippen molar-refractivity contribution >= 4 is 22.9 Å². The van der Waals surface area contributed by atoms with Crippen molar-refractivity contribution in [3.8, 4) is 0 Å². The third-order valence-electron chi connectivity index (χ3n) is 7.16. The Labute approximate surface area is 169 Å². The van der Waals surface area contributed by atoms with Crippen molar-refractivity contribution < 1.29 is 18.8 Å². The maximum atomic E-state index is 13.1. The molecule has 3 aliphatic heterocycles. The summed E-state index contributed by atoms with van der Waals surface area (Å²) < 4.78 is 10.9. The number of carbonyl (C=O) groups is 2. The SMILES string of the molecule is CCc1noc2ncc(C(=O)N3CCC4(CC3)CN(C(C)=O)[C@@H]3COC[C@@H]34)cc12. The van der Waals surface area contributed by atoms with Crippen molar-refractivity contribution in [2.24, 2.45) is 11.3 Å². The fourth-order valence-electron chi connectivity index (χ4n) is 5.47. The van der Waals surface area contributed by atoms with Crippen LogP contribution in [0.5, 0.6) is 0 Å². The summed E-state index contributed by atoms with van der Waals surface area (Å²) in [4.78, 5) is 33.4. The molecule has 1 spiro atoms. The molecule has 0 aromatic carbocycles. The first-order valence-electron chi connectivity index (χ1n) is 10.4. The summed E-state index contributed by atoms with van der Waals surface area (Å²) in [5, 5.41) is 4.83. The molecule has 29 heavy (non-hydrogen) atoms. The van der Waals surface area contributed by atoms with E-state index in [1.807, 2.05) is 22.8 Å². The van der Waals surface area contributed by atoms with Crippen LogP contribution in [0.25, 0.3) is 11.1 Å². The van der Waals surface area contributed by atoms with E-state index >= 15 is 0 Å². The fraction of sp³-hybridized carbons (Fsp3) is 0.619. The maximum absolute atomic E-state index is 13.1. The Balaban J connectivity index is 1.33. The van der Waals surface area contributed by atoms with Crippen LogP contribution in [0.1, 0.15) is 42.7 Å². The zero-order valence-corrected chi connectivity index (χ0v) is 16.9. The van der Waals surface area contributed by atoms with Gasteiger partial charge in [-0.15, -0.1) is 0 Å². The second-order valence-electron chi connectivity index (χ2n) is 8.57. The van der Waals surface area contributed by atoms with E-state index in [-0.39, 0.29) is 23.3 Å². The highest BCUT2D eigenvalue weighted by Crippen LogP contribution is 2.50. The molecule has 2 aromatic heterocycles. The monoisotopic (exact) mass is 398 g/mol. The lowest BCUT2D eigenvalue weighted by atomic mass is 9.70. The van der Waals surface area contributed by atoms with E-state index in [1.165, 1.54) is 0 Å². The van der Waals surface area contributed by atoms with E-state index in [4.69, 9.17) is 9.26 Å². The number of pyridine rings is 1. The lowest BCUT2D eigenvalue weighted by Gasteiger charge is -2.42. The minimum atomic E-state index is -0.00172. The summed E-state index contributed by atoms with van der Waals surface area (Å²) in [5.74, 6) is 0.504. The second kappa shape index (κ2) is 6.79. The lowest BCUT2D eigenvalue weighted by molar-refractivity contribution is -0.130. The second-order valence-corrected chi connectivity index (χ2v) is 8.57. The molecule has 8 heteroatoms. The molecule has 2 atom stereocenters. The molecular weight excluding hydrogens is 372 g/mol. The normalized spacial score (nSPS) is 25.7. The van der Waals surface area contributed by atoms with Gasteiger partial charge in [0.1, 0.15) is 0 Å². The first-order chi connectivity index (χ1) is 14.0. The summed E-state index contributed by atoms with van der Waals surface area (Å²) in [6.07, 6.45) is 4.11.